The van der Waals surface area contributed by atoms with Crippen LogP contribution in [0.25, 0.3) is 0 Å². The van der Waals surface area contributed by atoms with Gasteiger partial charge in [-0.2, -0.15) is 4.98 Å². The average Bonchev–Trinajstić information content (AvgIpc) is 2.42. The Balaban J connectivity index is 2.40. The van der Waals surface area contributed by atoms with E-state index in [2.05, 4.69) is 20.3 Å². The first kappa shape index (κ1) is 13.7. The summed E-state index contributed by atoms with van der Waals surface area (Å²) in [7, 11) is 0. The van der Waals surface area contributed by atoms with Gasteiger partial charge < -0.3 is 10.1 Å². The summed E-state index contributed by atoms with van der Waals surface area (Å²) in [6.45, 7) is 4.22. The van der Waals surface area contributed by atoms with E-state index < -0.39 is 4.92 Å². The van der Waals surface area contributed by atoms with E-state index in [0.29, 0.717) is 18.0 Å². The second kappa shape index (κ2) is 5.91. The molecule has 0 spiro atoms. The van der Waals surface area contributed by atoms with E-state index in [1.165, 1.54) is 0 Å². The Morgan fingerprint density at radius 2 is 2.25 bits per heavy atom. The van der Waals surface area contributed by atoms with Gasteiger partial charge in [-0.05, 0) is 26.0 Å². The Kier molecular flexibility index (Phi) is 4.04. The van der Waals surface area contributed by atoms with Crippen LogP contribution in [0.1, 0.15) is 12.6 Å². The van der Waals surface area contributed by atoms with Crippen LogP contribution in [-0.2, 0) is 0 Å². The summed E-state index contributed by atoms with van der Waals surface area (Å²) in [6.07, 6.45) is 2.73. The van der Waals surface area contributed by atoms with Crippen LogP contribution in [0.15, 0.2) is 24.5 Å². The van der Waals surface area contributed by atoms with Gasteiger partial charge in [-0.25, -0.2) is 4.98 Å². The number of hydrogen-bond acceptors (Lipinski definition) is 7. The lowest BCUT2D eigenvalue weighted by Gasteiger charge is -2.08. The Labute approximate surface area is 115 Å². The van der Waals surface area contributed by atoms with Crippen LogP contribution in [0.5, 0.6) is 11.6 Å². The highest BCUT2D eigenvalue weighted by atomic mass is 16.6. The topological polar surface area (TPSA) is 103 Å². The van der Waals surface area contributed by atoms with Gasteiger partial charge in [0.05, 0.1) is 10.6 Å². The number of ether oxygens (including phenoxy) is 1. The first-order valence-electron chi connectivity index (χ1n) is 5.96. The fourth-order valence-corrected chi connectivity index (χ4v) is 1.48. The number of hydrogen-bond donors (Lipinski definition) is 1. The third-order valence-corrected chi connectivity index (χ3v) is 2.43. The number of aromatic nitrogens is 3. The number of nitrogens with zero attached hydrogens (tertiary/aromatic N) is 4. The smallest absolute Gasteiger partial charge is 0.349 e. The van der Waals surface area contributed by atoms with Gasteiger partial charge in [-0.15, -0.1) is 0 Å². The number of pyridine rings is 1. The summed E-state index contributed by atoms with van der Waals surface area (Å²) in [6, 6.07) is 3.35. The van der Waals surface area contributed by atoms with E-state index in [-0.39, 0.29) is 17.5 Å². The van der Waals surface area contributed by atoms with Crippen molar-refractivity contribution >= 4 is 11.6 Å². The Bertz CT molecular complexity index is 632. The Hall–Kier alpha value is -2.77. The van der Waals surface area contributed by atoms with Crippen molar-refractivity contribution in [1.29, 1.82) is 0 Å². The molecule has 104 valence electrons. The van der Waals surface area contributed by atoms with E-state index in [9.17, 15) is 10.1 Å². The minimum Gasteiger partial charge on any atom is -0.432 e. The van der Waals surface area contributed by atoms with Crippen molar-refractivity contribution in [2.24, 2.45) is 0 Å². The largest absolute Gasteiger partial charge is 0.432 e. The molecule has 20 heavy (non-hydrogen) atoms. The molecule has 0 bridgehead atoms. The third-order valence-electron chi connectivity index (χ3n) is 2.43. The first-order chi connectivity index (χ1) is 9.61. The predicted octanol–water partition coefficient (Wildman–Crippen LogP) is 2.31. The lowest BCUT2D eigenvalue weighted by atomic mass is 10.3. The van der Waals surface area contributed by atoms with Crippen LogP contribution in [0.3, 0.4) is 0 Å². The lowest BCUT2D eigenvalue weighted by Crippen LogP contribution is -2.05. The average molecular weight is 275 g/mol. The van der Waals surface area contributed by atoms with E-state index in [1.807, 2.05) is 6.92 Å². The maximum atomic E-state index is 11.0. The zero-order valence-corrected chi connectivity index (χ0v) is 11.0. The molecule has 8 nitrogen and oxygen atoms in total. The number of nitro groups is 1. The Morgan fingerprint density at radius 3 is 2.90 bits per heavy atom. The molecule has 0 saturated heterocycles. The molecule has 0 aliphatic carbocycles. The van der Waals surface area contributed by atoms with Crippen LogP contribution < -0.4 is 10.1 Å². The van der Waals surface area contributed by atoms with Crippen molar-refractivity contribution in [3.63, 3.8) is 0 Å². The summed E-state index contributed by atoms with van der Waals surface area (Å²) in [5.74, 6) is 0.573. The van der Waals surface area contributed by atoms with Crippen molar-refractivity contribution in [2.45, 2.75) is 13.8 Å². The third kappa shape index (κ3) is 2.97. The van der Waals surface area contributed by atoms with E-state index in [4.69, 9.17) is 4.74 Å². The predicted molar refractivity (Wildman–Crippen MR) is 71.9 cm³/mol. The number of rotatable bonds is 5. The van der Waals surface area contributed by atoms with Gasteiger partial charge in [-0.3, -0.25) is 15.1 Å². The van der Waals surface area contributed by atoms with Crippen LogP contribution in [0, 0.1) is 17.0 Å². The molecular weight excluding hydrogens is 262 g/mol. The molecule has 1 N–H and O–H groups in total. The van der Waals surface area contributed by atoms with Gasteiger partial charge in [-0.1, -0.05) is 0 Å². The van der Waals surface area contributed by atoms with Crippen molar-refractivity contribution in [2.75, 3.05) is 11.9 Å². The fourth-order valence-electron chi connectivity index (χ4n) is 1.48. The van der Waals surface area contributed by atoms with E-state index >= 15 is 0 Å². The SMILES string of the molecule is CCNc1ncc([N+](=O)[O-])c(Oc2cccnc2C)n1. The Morgan fingerprint density at radius 1 is 1.45 bits per heavy atom. The van der Waals surface area contributed by atoms with Crippen LogP contribution >= 0.6 is 0 Å². The minimum absolute atomic E-state index is 0.114. The molecule has 8 heteroatoms. The molecule has 2 heterocycles. The van der Waals surface area contributed by atoms with Gasteiger partial charge >= 0.3 is 11.6 Å². The normalized spacial score (nSPS) is 10.1. The second-order valence-electron chi connectivity index (χ2n) is 3.86. The fraction of sp³-hybridized carbons (Fsp3) is 0.250. The molecule has 2 aromatic heterocycles. The monoisotopic (exact) mass is 275 g/mol. The molecule has 0 fully saturated rings. The number of aryl methyl sites for hydroxylation is 1. The molecule has 0 aliphatic rings. The second-order valence-corrected chi connectivity index (χ2v) is 3.86. The lowest BCUT2D eigenvalue weighted by molar-refractivity contribution is -0.386. The molecular formula is C12H13N5O3. The molecule has 0 saturated carbocycles. The van der Waals surface area contributed by atoms with Crippen LogP contribution in [0.4, 0.5) is 11.6 Å². The maximum absolute atomic E-state index is 11.0. The van der Waals surface area contributed by atoms with Gasteiger partial charge in [0.15, 0.2) is 5.75 Å². The molecule has 0 aromatic carbocycles. The highest BCUT2D eigenvalue weighted by Crippen LogP contribution is 2.30. The van der Waals surface area contributed by atoms with Crippen molar-refractivity contribution < 1.29 is 9.66 Å². The molecule has 0 unspecified atom stereocenters. The molecule has 0 atom stereocenters. The minimum atomic E-state index is -0.587. The van der Waals surface area contributed by atoms with Crippen molar-refractivity contribution in [3.8, 4) is 11.6 Å². The maximum Gasteiger partial charge on any atom is 0.349 e. The summed E-state index contributed by atoms with van der Waals surface area (Å²) >= 11 is 0. The van der Waals surface area contributed by atoms with E-state index in [1.54, 1.807) is 25.3 Å². The summed E-state index contributed by atoms with van der Waals surface area (Å²) in [4.78, 5) is 22.3. The van der Waals surface area contributed by atoms with Gasteiger partial charge in [0.2, 0.25) is 5.95 Å². The van der Waals surface area contributed by atoms with Gasteiger partial charge in [0.25, 0.3) is 0 Å². The number of anilines is 1. The first-order valence-corrected chi connectivity index (χ1v) is 5.96. The molecule has 0 aliphatic heterocycles. The molecule has 0 amide bonds. The van der Waals surface area contributed by atoms with E-state index in [0.717, 1.165) is 6.20 Å². The van der Waals surface area contributed by atoms with Crippen molar-refractivity contribution in [1.82, 2.24) is 15.0 Å². The zero-order chi connectivity index (χ0) is 14.5. The van der Waals surface area contributed by atoms with Gasteiger partial charge in [0.1, 0.15) is 6.20 Å². The zero-order valence-electron chi connectivity index (χ0n) is 11.0. The standard InChI is InChI=1S/C12H13N5O3/c1-3-13-12-15-7-9(17(18)19)11(16-12)20-10-5-4-6-14-8(10)2/h4-7H,3H2,1-2H3,(H,13,15,16). The highest BCUT2D eigenvalue weighted by molar-refractivity contribution is 5.45. The van der Waals surface area contributed by atoms with Crippen molar-refractivity contribution in [3.05, 3.63) is 40.3 Å². The summed E-state index contributed by atoms with van der Waals surface area (Å²) < 4.78 is 5.49. The van der Waals surface area contributed by atoms with Crippen LogP contribution in [0.2, 0.25) is 0 Å². The molecule has 0 radical (unpaired) electrons. The highest BCUT2D eigenvalue weighted by Gasteiger charge is 2.20. The van der Waals surface area contributed by atoms with Gasteiger partial charge in [0, 0.05) is 12.7 Å². The van der Waals surface area contributed by atoms with Crippen LogP contribution in [-0.4, -0.2) is 26.4 Å². The number of nitrogens with one attached hydrogen (secondary N) is 1. The quantitative estimate of drug-likeness (QED) is 0.659. The molecule has 2 rings (SSSR count). The summed E-state index contributed by atoms with van der Waals surface area (Å²) in [5.41, 5.74) is 0.320. The molecule has 2 aromatic rings. The summed E-state index contributed by atoms with van der Waals surface area (Å²) in [5, 5.41) is 13.8.